The van der Waals surface area contributed by atoms with Crippen LogP contribution in [0.5, 0.6) is 0 Å². The van der Waals surface area contributed by atoms with Crippen molar-refractivity contribution in [2.24, 2.45) is 45.5 Å². The van der Waals surface area contributed by atoms with Crippen molar-refractivity contribution in [1.82, 2.24) is 21.3 Å². The summed E-state index contributed by atoms with van der Waals surface area (Å²) in [5.74, 6) is 6.97. The molecule has 3 fully saturated rings. The lowest BCUT2D eigenvalue weighted by Gasteiger charge is -2.31. The molecule has 0 aromatic carbocycles. The molecule has 192 valence electrons. The fourth-order valence-electron chi connectivity index (χ4n) is 6.59. The van der Waals surface area contributed by atoms with Crippen molar-refractivity contribution in [3.63, 3.8) is 0 Å². The van der Waals surface area contributed by atoms with Gasteiger partial charge in [0.05, 0.1) is 0 Å². The Bertz CT molecular complexity index is 641. The Hall–Kier alpha value is -1.46. The Morgan fingerprint density at radius 1 is 0.788 bits per heavy atom. The molecule has 0 aromatic heterocycles. The number of rotatable bonds is 8. The van der Waals surface area contributed by atoms with E-state index >= 15 is 0 Å². The van der Waals surface area contributed by atoms with E-state index in [9.17, 15) is 0 Å². The first-order chi connectivity index (χ1) is 15.1. The average Bonchev–Trinajstić information content (AvgIpc) is 3.34. The number of hydrogen-bond acceptors (Lipinski definition) is 2. The summed E-state index contributed by atoms with van der Waals surface area (Å²) in [6.07, 6.45) is 5.75. The minimum absolute atomic E-state index is 0. The Balaban J connectivity index is 0.00000385. The van der Waals surface area contributed by atoms with Crippen molar-refractivity contribution < 1.29 is 0 Å². The maximum atomic E-state index is 5.08. The molecule has 3 saturated carbocycles. The second-order valence-corrected chi connectivity index (χ2v) is 11.8. The number of nitrogens with zero attached hydrogens (tertiary/aromatic N) is 2. The van der Waals surface area contributed by atoms with E-state index in [1.165, 1.54) is 25.7 Å². The zero-order chi connectivity index (χ0) is 23.4. The molecule has 6 nitrogen and oxygen atoms in total. The Morgan fingerprint density at radius 2 is 1.36 bits per heavy atom. The molecule has 3 rings (SSSR count). The minimum atomic E-state index is 0. The quantitative estimate of drug-likeness (QED) is 0.314. The van der Waals surface area contributed by atoms with Crippen LogP contribution in [0.15, 0.2) is 9.98 Å². The Morgan fingerprint density at radius 3 is 1.94 bits per heavy atom. The van der Waals surface area contributed by atoms with Crippen LogP contribution in [0.25, 0.3) is 0 Å². The first-order valence-corrected chi connectivity index (χ1v) is 13.3. The third-order valence-corrected chi connectivity index (χ3v) is 7.49. The highest BCUT2D eigenvalue weighted by molar-refractivity contribution is 5.80. The lowest BCUT2D eigenvalue weighted by atomic mass is 9.77. The molecule has 2 bridgehead atoms. The molecule has 3 aliphatic carbocycles. The zero-order valence-corrected chi connectivity index (χ0v) is 21.9. The van der Waals surface area contributed by atoms with Gasteiger partial charge in [-0.3, -0.25) is 9.98 Å². The van der Waals surface area contributed by atoms with E-state index in [1.807, 2.05) is 0 Å². The zero-order valence-electron chi connectivity index (χ0n) is 21.9. The van der Waals surface area contributed by atoms with Gasteiger partial charge >= 0.3 is 0 Å². The van der Waals surface area contributed by atoms with Gasteiger partial charge in [0.15, 0.2) is 11.9 Å². The summed E-state index contributed by atoms with van der Waals surface area (Å²) in [6, 6.07) is 1.43. The van der Waals surface area contributed by atoms with Crippen LogP contribution in [0.2, 0.25) is 0 Å². The van der Waals surface area contributed by atoms with Crippen molar-refractivity contribution in [1.29, 1.82) is 0 Å². The van der Waals surface area contributed by atoms with E-state index in [1.54, 1.807) is 0 Å². The van der Waals surface area contributed by atoms with Gasteiger partial charge in [-0.25, -0.2) is 0 Å². The molecule has 6 unspecified atom stereocenters. The molecule has 0 radical (unpaired) electrons. The van der Waals surface area contributed by atoms with E-state index in [0.29, 0.717) is 30.0 Å². The predicted octanol–water partition coefficient (Wildman–Crippen LogP) is 4.62. The predicted molar refractivity (Wildman–Crippen MR) is 144 cm³/mol. The molecular formula is C27H54N6. The Labute approximate surface area is 204 Å². The molecule has 0 saturated heterocycles. The van der Waals surface area contributed by atoms with Crippen LogP contribution >= 0.6 is 0 Å². The summed E-state index contributed by atoms with van der Waals surface area (Å²) in [5, 5.41) is 14.3. The number of aliphatic imine (C=N–C) groups is 2. The molecule has 0 amide bonds. The van der Waals surface area contributed by atoms with Crippen LogP contribution in [0.4, 0.5) is 0 Å². The normalized spacial score (nSPS) is 30.6. The van der Waals surface area contributed by atoms with Gasteiger partial charge in [0.1, 0.15) is 0 Å². The van der Waals surface area contributed by atoms with Gasteiger partial charge in [-0.05, 0) is 117 Å². The molecule has 0 aliphatic heterocycles. The molecule has 0 heterocycles. The van der Waals surface area contributed by atoms with Gasteiger partial charge in [-0.2, -0.15) is 0 Å². The standard InChI is InChI=1S/C26H50N6.CH4/c1-15(2)29-25(30-16(3)4)27-13-21-12-22-19-9-10-20(11-19)24(22)23(21)14-28-26(31-17(5)6)32-18(7)8;/h15-24H,9-14H2,1-8H3,(H2,27,29,30)(H2,28,31,32);1H4. The van der Waals surface area contributed by atoms with Crippen LogP contribution in [-0.4, -0.2) is 49.2 Å². The van der Waals surface area contributed by atoms with Crippen LogP contribution in [0.1, 0.15) is 88.5 Å². The van der Waals surface area contributed by atoms with Gasteiger partial charge in [0.2, 0.25) is 0 Å². The monoisotopic (exact) mass is 462 g/mol. The third-order valence-electron chi connectivity index (χ3n) is 7.49. The van der Waals surface area contributed by atoms with Crippen molar-refractivity contribution in [3.8, 4) is 0 Å². The van der Waals surface area contributed by atoms with Crippen molar-refractivity contribution in [2.75, 3.05) is 13.1 Å². The fraction of sp³-hybridized carbons (Fsp3) is 0.926. The molecule has 3 aliphatic rings. The molecule has 0 spiro atoms. The summed E-state index contributed by atoms with van der Waals surface area (Å²) < 4.78 is 0. The van der Waals surface area contributed by atoms with E-state index < -0.39 is 0 Å². The maximum Gasteiger partial charge on any atom is 0.191 e. The molecule has 4 N–H and O–H groups in total. The fourth-order valence-corrected chi connectivity index (χ4v) is 6.59. The summed E-state index contributed by atoms with van der Waals surface area (Å²) in [6.45, 7) is 19.3. The highest BCUT2D eigenvalue weighted by Gasteiger charge is 2.56. The van der Waals surface area contributed by atoms with E-state index in [2.05, 4.69) is 76.7 Å². The number of hydrogen-bond donors (Lipinski definition) is 4. The molecular weight excluding hydrogens is 408 g/mol. The number of fused-ring (bicyclic) bond motifs is 5. The van der Waals surface area contributed by atoms with Crippen LogP contribution in [0.3, 0.4) is 0 Å². The molecule has 0 aromatic rings. The topological polar surface area (TPSA) is 72.8 Å². The largest absolute Gasteiger partial charge is 0.356 e. The van der Waals surface area contributed by atoms with Gasteiger partial charge in [0, 0.05) is 37.3 Å². The Kier molecular flexibility index (Phi) is 10.4. The summed E-state index contributed by atoms with van der Waals surface area (Å²) in [5.41, 5.74) is 0. The van der Waals surface area contributed by atoms with Gasteiger partial charge in [-0.15, -0.1) is 0 Å². The van der Waals surface area contributed by atoms with Crippen molar-refractivity contribution >= 4 is 11.9 Å². The lowest BCUT2D eigenvalue weighted by Crippen LogP contribution is -2.46. The van der Waals surface area contributed by atoms with Crippen molar-refractivity contribution in [3.05, 3.63) is 0 Å². The molecule has 6 heteroatoms. The van der Waals surface area contributed by atoms with Gasteiger partial charge in [-0.1, -0.05) is 7.43 Å². The first-order valence-electron chi connectivity index (χ1n) is 13.3. The van der Waals surface area contributed by atoms with E-state index in [0.717, 1.165) is 48.7 Å². The SMILES string of the molecule is C.CC(C)N=C(NCC1C(CN=C(NC(C)C)NC(C)C)CC2C3CCC(C3)C12)NC(C)C. The number of nitrogens with one attached hydrogen (secondary N) is 4. The highest BCUT2D eigenvalue weighted by atomic mass is 15.2. The number of guanidine groups is 2. The van der Waals surface area contributed by atoms with E-state index in [4.69, 9.17) is 9.98 Å². The second-order valence-electron chi connectivity index (χ2n) is 11.8. The summed E-state index contributed by atoms with van der Waals surface area (Å²) >= 11 is 0. The van der Waals surface area contributed by atoms with Crippen LogP contribution in [-0.2, 0) is 0 Å². The minimum Gasteiger partial charge on any atom is -0.356 e. The van der Waals surface area contributed by atoms with Crippen LogP contribution in [0, 0.1) is 35.5 Å². The highest BCUT2D eigenvalue weighted by Crippen LogP contribution is 2.62. The summed E-state index contributed by atoms with van der Waals surface area (Å²) in [7, 11) is 0. The van der Waals surface area contributed by atoms with Crippen LogP contribution < -0.4 is 21.3 Å². The van der Waals surface area contributed by atoms with Gasteiger partial charge < -0.3 is 21.3 Å². The second kappa shape index (κ2) is 12.3. The molecule has 6 atom stereocenters. The molecule has 33 heavy (non-hydrogen) atoms. The summed E-state index contributed by atoms with van der Waals surface area (Å²) in [4.78, 5) is 9.90. The lowest BCUT2D eigenvalue weighted by molar-refractivity contribution is 0.202. The van der Waals surface area contributed by atoms with Gasteiger partial charge in [0.25, 0.3) is 0 Å². The smallest absolute Gasteiger partial charge is 0.191 e. The third kappa shape index (κ3) is 7.51. The van der Waals surface area contributed by atoms with E-state index in [-0.39, 0.29) is 13.5 Å². The van der Waals surface area contributed by atoms with Crippen molar-refractivity contribution in [2.45, 2.75) is 113 Å². The maximum absolute atomic E-state index is 5.08. The first kappa shape index (κ1) is 27.8. The average molecular weight is 463 g/mol.